The van der Waals surface area contributed by atoms with Crippen LogP contribution in [0, 0.1) is 11.3 Å². The molecule has 190 valence electrons. The van der Waals surface area contributed by atoms with Gasteiger partial charge in [0.25, 0.3) is 11.8 Å². The largest absolute Gasteiger partial charge is 0.404 e. The first-order valence-corrected chi connectivity index (χ1v) is 11.8. The lowest BCUT2D eigenvalue weighted by Crippen LogP contribution is -2.41. The number of anilines is 2. The summed E-state index contributed by atoms with van der Waals surface area (Å²) in [6.07, 6.45) is -2.28. The lowest BCUT2D eigenvalue weighted by atomic mass is 10.1. The number of rotatable bonds is 5. The highest BCUT2D eigenvalue weighted by atomic mass is 19.4. The highest BCUT2D eigenvalue weighted by Gasteiger charge is 2.45. The summed E-state index contributed by atoms with van der Waals surface area (Å²) < 4.78 is 41.3. The van der Waals surface area contributed by atoms with Gasteiger partial charge in [-0.1, -0.05) is 18.2 Å². The minimum atomic E-state index is -4.25. The summed E-state index contributed by atoms with van der Waals surface area (Å²) in [5.74, 6) is -0.921. The number of benzene rings is 2. The zero-order chi connectivity index (χ0) is 26.2. The number of carbonyl (C=O) groups excluding carboxylic acids is 2. The van der Waals surface area contributed by atoms with Crippen molar-refractivity contribution in [3.05, 3.63) is 77.1 Å². The van der Waals surface area contributed by atoms with E-state index in [1.807, 2.05) is 6.07 Å². The minimum absolute atomic E-state index is 0.108. The Bertz CT molecular complexity index is 1380. The Morgan fingerprint density at radius 3 is 2.65 bits per heavy atom. The van der Waals surface area contributed by atoms with Crippen LogP contribution in [0.1, 0.15) is 44.8 Å². The van der Waals surface area contributed by atoms with Gasteiger partial charge in [0, 0.05) is 24.5 Å². The number of alkyl halides is 3. The molecular formula is C26H23F3N6O2. The summed E-state index contributed by atoms with van der Waals surface area (Å²) >= 11 is 0. The predicted molar refractivity (Wildman–Crippen MR) is 129 cm³/mol. The van der Waals surface area contributed by atoms with Crippen LogP contribution in [0.4, 0.5) is 24.5 Å². The fraction of sp³-hybridized carbons (Fsp3) is 0.308. The minimum Gasteiger partial charge on any atom is -0.322 e. The van der Waals surface area contributed by atoms with Crippen LogP contribution in [0.2, 0.25) is 0 Å². The van der Waals surface area contributed by atoms with E-state index in [9.17, 15) is 22.8 Å². The molecule has 1 fully saturated rings. The molecule has 5 rings (SSSR count). The maximum Gasteiger partial charge on any atom is 0.404 e. The van der Waals surface area contributed by atoms with E-state index in [4.69, 9.17) is 5.26 Å². The average molecular weight is 509 g/mol. The number of nitrogens with zero attached hydrogens (tertiary/aromatic N) is 5. The van der Waals surface area contributed by atoms with Gasteiger partial charge in [-0.15, -0.1) is 0 Å². The summed E-state index contributed by atoms with van der Waals surface area (Å²) in [6.45, 7) is 1.29. The van der Waals surface area contributed by atoms with Crippen LogP contribution in [-0.2, 0) is 13.1 Å². The second-order valence-electron chi connectivity index (χ2n) is 9.07. The van der Waals surface area contributed by atoms with Gasteiger partial charge in [-0.05, 0) is 55.3 Å². The maximum absolute atomic E-state index is 13.4. The molecular weight excluding hydrogens is 485 g/mol. The van der Waals surface area contributed by atoms with Gasteiger partial charge in [0.1, 0.15) is 11.7 Å². The number of amides is 2. The number of carbonyl (C=O) groups is 2. The number of nitrogens with one attached hydrogen (secondary N) is 1. The molecule has 1 atom stereocenters. The number of likely N-dealkylation sites (tertiary alicyclic amines) is 1. The van der Waals surface area contributed by atoms with Crippen molar-refractivity contribution < 1.29 is 22.8 Å². The van der Waals surface area contributed by atoms with Crippen molar-refractivity contribution in [2.75, 3.05) is 23.3 Å². The molecule has 0 saturated carbocycles. The predicted octanol–water partition coefficient (Wildman–Crippen LogP) is 4.19. The smallest absolute Gasteiger partial charge is 0.322 e. The van der Waals surface area contributed by atoms with Crippen molar-refractivity contribution in [2.45, 2.75) is 38.1 Å². The van der Waals surface area contributed by atoms with Crippen molar-refractivity contribution in [3.8, 4) is 6.07 Å². The van der Waals surface area contributed by atoms with Gasteiger partial charge in [0.05, 0.1) is 29.9 Å². The third-order valence-electron chi connectivity index (χ3n) is 6.69. The number of halogens is 3. The summed E-state index contributed by atoms with van der Waals surface area (Å²) in [5.41, 5.74) is 2.39. The zero-order valence-electron chi connectivity index (χ0n) is 19.7. The SMILES string of the molecule is N#Cc1cccc(NC(=O)c2cnn3c2C(=O)N(c2ccc(CN4CCCC4C(F)(F)F)cc2)CC3)c1. The van der Waals surface area contributed by atoms with E-state index in [1.165, 1.54) is 26.7 Å². The number of hydrogen-bond donors (Lipinski definition) is 1. The topological polar surface area (TPSA) is 94.3 Å². The van der Waals surface area contributed by atoms with Gasteiger partial charge in [-0.3, -0.25) is 19.2 Å². The molecule has 1 unspecified atom stereocenters. The van der Waals surface area contributed by atoms with E-state index in [0.29, 0.717) is 43.0 Å². The highest BCUT2D eigenvalue weighted by molar-refractivity contribution is 6.15. The summed E-state index contributed by atoms with van der Waals surface area (Å²) in [6, 6.07) is 13.9. The molecule has 3 heterocycles. The lowest BCUT2D eigenvalue weighted by Gasteiger charge is -2.29. The van der Waals surface area contributed by atoms with Gasteiger partial charge >= 0.3 is 6.18 Å². The Balaban J connectivity index is 1.31. The fourth-order valence-corrected chi connectivity index (χ4v) is 4.88. The molecule has 8 nitrogen and oxygen atoms in total. The first-order chi connectivity index (χ1) is 17.7. The van der Waals surface area contributed by atoms with Crippen molar-refractivity contribution >= 4 is 23.2 Å². The molecule has 0 bridgehead atoms. The third-order valence-corrected chi connectivity index (χ3v) is 6.69. The van der Waals surface area contributed by atoms with Crippen molar-refractivity contribution in [2.24, 2.45) is 0 Å². The van der Waals surface area contributed by atoms with E-state index in [2.05, 4.69) is 10.4 Å². The molecule has 1 N–H and O–H groups in total. The van der Waals surface area contributed by atoms with Crippen LogP contribution in [0.3, 0.4) is 0 Å². The molecule has 3 aromatic rings. The van der Waals surface area contributed by atoms with Crippen molar-refractivity contribution in [3.63, 3.8) is 0 Å². The molecule has 2 aliphatic heterocycles. The van der Waals surface area contributed by atoms with Gasteiger partial charge in [0.15, 0.2) is 0 Å². The van der Waals surface area contributed by atoms with Crippen LogP contribution in [0.15, 0.2) is 54.7 Å². The van der Waals surface area contributed by atoms with Gasteiger partial charge in [0.2, 0.25) is 0 Å². The second-order valence-corrected chi connectivity index (χ2v) is 9.07. The molecule has 0 spiro atoms. The maximum atomic E-state index is 13.4. The number of nitriles is 1. The Kier molecular flexibility index (Phi) is 6.43. The average Bonchev–Trinajstić information content (AvgIpc) is 3.53. The molecule has 1 aromatic heterocycles. The van der Waals surface area contributed by atoms with E-state index in [-0.39, 0.29) is 24.2 Å². The first-order valence-electron chi connectivity index (χ1n) is 11.8. The van der Waals surface area contributed by atoms with Crippen molar-refractivity contribution in [1.82, 2.24) is 14.7 Å². The second kappa shape index (κ2) is 9.71. The molecule has 37 heavy (non-hydrogen) atoms. The molecule has 0 aliphatic carbocycles. The molecule has 1 saturated heterocycles. The van der Waals surface area contributed by atoms with Gasteiger partial charge < -0.3 is 10.2 Å². The lowest BCUT2D eigenvalue weighted by molar-refractivity contribution is -0.177. The highest BCUT2D eigenvalue weighted by Crippen LogP contribution is 2.34. The van der Waals surface area contributed by atoms with Crippen LogP contribution < -0.4 is 10.2 Å². The van der Waals surface area contributed by atoms with Gasteiger partial charge in [-0.2, -0.15) is 23.5 Å². The van der Waals surface area contributed by atoms with Gasteiger partial charge in [-0.25, -0.2) is 0 Å². The molecule has 2 aromatic carbocycles. The summed E-state index contributed by atoms with van der Waals surface area (Å²) in [5, 5.41) is 16.0. The quantitative estimate of drug-likeness (QED) is 0.558. The number of hydrogen-bond acceptors (Lipinski definition) is 5. The van der Waals surface area contributed by atoms with E-state index in [0.717, 1.165) is 5.56 Å². The number of aromatic nitrogens is 2. The Hall–Kier alpha value is -4.17. The molecule has 2 amide bonds. The zero-order valence-corrected chi connectivity index (χ0v) is 19.7. The summed E-state index contributed by atoms with van der Waals surface area (Å²) in [7, 11) is 0. The standard InChI is InChI=1S/C26H23F3N6O2/c27-26(28,29)22-5-2-10-33(22)16-17-6-8-20(9-7-17)34-11-12-35-23(25(34)37)21(15-31-35)24(36)32-19-4-1-3-18(13-19)14-30/h1,3-4,6-9,13,15,22H,2,5,10-12,16H2,(H,32,36). The Morgan fingerprint density at radius 2 is 1.92 bits per heavy atom. The first kappa shape index (κ1) is 24.5. The van der Waals surface area contributed by atoms with E-state index < -0.39 is 24.0 Å². The molecule has 2 aliphatic rings. The Morgan fingerprint density at radius 1 is 1.14 bits per heavy atom. The van der Waals surface area contributed by atoms with Crippen LogP contribution >= 0.6 is 0 Å². The van der Waals surface area contributed by atoms with Crippen LogP contribution in [0.25, 0.3) is 0 Å². The fourth-order valence-electron chi connectivity index (χ4n) is 4.88. The normalized spacial score (nSPS) is 17.9. The van der Waals surface area contributed by atoms with E-state index >= 15 is 0 Å². The van der Waals surface area contributed by atoms with Crippen LogP contribution in [-0.4, -0.2) is 51.8 Å². The molecule has 11 heteroatoms. The number of fused-ring (bicyclic) bond motifs is 1. The monoisotopic (exact) mass is 508 g/mol. The van der Waals surface area contributed by atoms with E-state index in [1.54, 1.807) is 42.5 Å². The molecule has 0 radical (unpaired) electrons. The third kappa shape index (κ3) is 4.93. The Labute approximate surface area is 210 Å². The summed E-state index contributed by atoms with van der Waals surface area (Å²) in [4.78, 5) is 29.3. The van der Waals surface area contributed by atoms with Crippen LogP contribution in [0.5, 0.6) is 0 Å². The van der Waals surface area contributed by atoms with Crippen molar-refractivity contribution in [1.29, 1.82) is 5.26 Å².